The Hall–Kier alpha value is -1.18. The zero-order valence-electron chi connectivity index (χ0n) is 8.67. The predicted molar refractivity (Wildman–Crippen MR) is 68.3 cm³/mol. The number of hydrogen-bond acceptors (Lipinski definition) is 1. The molecule has 82 valence electrons. The fourth-order valence-corrected chi connectivity index (χ4v) is 2.00. The van der Waals surface area contributed by atoms with Crippen LogP contribution < -0.4 is 0 Å². The van der Waals surface area contributed by atoms with E-state index in [1.807, 2.05) is 31.2 Å². The molecule has 0 atom stereocenters. The van der Waals surface area contributed by atoms with Gasteiger partial charge < -0.3 is 5.11 Å². The third kappa shape index (κ3) is 2.16. The molecule has 2 rings (SSSR count). The molecule has 0 aliphatic rings. The molecule has 0 aromatic heterocycles. The molecule has 16 heavy (non-hydrogen) atoms. The highest BCUT2D eigenvalue weighted by Gasteiger charge is 2.06. The first-order valence-electron chi connectivity index (χ1n) is 4.83. The fourth-order valence-electron chi connectivity index (χ4n) is 1.53. The first kappa shape index (κ1) is 11.3. The number of rotatable bonds is 1. The van der Waals surface area contributed by atoms with E-state index in [1.165, 1.54) is 0 Å². The van der Waals surface area contributed by atoms with Crippen molar-refractivity contribution in [3.63, 3.8) is 0 Å². The second-order valence-electron chi connectivity index (χ2n) is 3.65. The Kier molecular flexibility index (Phi) is 3.08. The van der Waals surface area contributed by atoms with Crippen LogP contribution in [0.3, 0.4) is 0 Å². The number of benzene rings is 2. The molecular formula is C13H10Cl2O. The minimum absolute atomic E-state index is 0.0656. The number of phenolic OH excluding ortho intramolecular Hbond substituents is 1. The molecule has 0 bridgehead atoms. The van der Waals surface area contributed by atoms with E-state index >= 15 is 0 Å². The number of halogens is 2. The molecule has 2 aromatic carbocycles. The number of phenols is 1. The van der Waals surface area contributed by atoms with Gasteiger partial charge in [-0.1, -0.05) is 41.4 Å². The van der Waals surface area contributed by atoms with E-state index in [0.717, 1.165) is 16.7 Å². The van der Waals surface area contributed by atoms with Crippen LogP contribution in [0.2, 0.25) is 10.0 Å². The average molecular weight is 253 g/mol. The lowest BCUT2D eigenvalue weighted by Crippen LogP contribution is -1.81. The third-order valence-corrected chi connectivity index (χ3v) is 3.01. The van der Waals surface area contributed by atoms with Crippen LogP contribution in [-0.2, 0) is 0 Å². The van der Waals surface area contributed by atoms with E-state index in [2.05, 4.69) is 0 Å². The Morgan fingerprint density at radius 2 is 1.69 bits per heavy atom. The molecule has 2 aromatic rings. The summed E-state index contributed by atoms with van der Waals surface area (Å²) in [5, 5.41) is 10.5. The van der Waals surface area contributed by atoms with E-state index < -0.39 is 0 Å². The minimum Gasteiger partial charge on any atom is -0.506 e. The van der Waals surface area contributed by atoms with Crippen molar-refractivity contribution < 1.29 is 5.11 Å². The van der Waals surface area contributed by atoms with Crippen molar-refractivity contribution >= 4 is 23.2 Å². The van der Waals surface area contributed by atoms with Gasteiger partial charge in [0, 0.05) is 10.6 Å². The summed E-state index contributed by atoms with van der Waals surface area (Å²) < 4.78 is 0. The Morgan fingerprint density at radius 3 is 2.31 bits per heavy atom. The molecule has 0 saturated heterocycles. The average Bonchev–Trinajstić information content (AvgIpc) is 2.22. The molecule has 0 unspecified atom stereocenters. The Balaban J connectivity index is 2.54. The summed E-state index contributed by atoms with van der Waals surface area (Å²) in [5.74, 6) is 0.0656. The second kappa shape index (κ2) is 4.36. The molecule has 0 heterocycles. The SMILES string of the molecule is Cc1ccc(-c2ccc(Cl)c(O)c2)c(Cl)c1. The highest BCUT2D eigenvalue weighted by molar-refractivity contribution is 6.33. The van der Waals surface area contributed by atoms with Crippen LogP contribution in [0, 0.1) is 6.92 Å². The van der Waals surface area contributed by atoms with Gasteiger partial charge in [-0.2, -0.15) is 0 Å². The predicted octanol–water partition coefficient (Wildman–Crippen LogP) is 4.67. The summed E-state index contributed by atoms with van der Waals surface area (Å²) in [6, 6.07) is 10.9. The molecule has 0 aliphatic carbocycles. The summed E-state index contributed by atoms with van der Waals surface area (Å²) >= 11 is 11.9. The zero-order valence-corrected chi connectivity index (χ0v) is 10.2. The smallest absolute Gasteiger partial charge is 0.134 e. The monoisotopic (exact) mass is 252 g/mol. The normalized spacial score (nSPS) is 10.4. The van der Waals surface area contributed by atoms with Crippen molar-refractivity contribution in [1.82, 2.24) is 0 Å². The largest absolute Gasteiger partial charge is 0.506 e. The summed E-state index contributed by atoms with van der Waals surface area (Å²) in [7, 11) is 0. The number of aryl methyl sites for hydroxylation is 1. The summed E-state index contributed by atoms with van der Waals surface area (Å²) in [6.07, 6.45) is 0. The summed E-state index contributed by atoms with van der Waals surface area (Å²) in [4.78, 5) is 0. The van der Waals surface area contributed by atoms with Crippen molar-refractivity contribution in [2.75, 3.05) is 0 Å². The second-order valence-corrected chi connectivity index (χ2v) is 4.46. The Labute approximate surface area is 104 Å². The Morgan fingerprint density at radius 1 is 0.938 bits per heavy atom. The zero-order chi connectivity index (χ0) is 11.7. The lowest BCUT2D eigenvalue weighted by molar-refractivity contribution is 0.476. The molecule has 0 fully saturated rings. The third-order valence-electron chi connectivity index (χ3n) is 2.38. The van der Waals surface area contributed by atoms with Gasteiger partial charge in [-0.05, 0) is 36.2 Å². The standard InChI is InChI=1S/C13H10Cl2O/c1-8-2-4-10(12(15)6-8)9-3-5-11(14)13(16)7-9/h2-7,16H,1H3. The van der Waals surface area contributed by atoms with Crippen molar-refractivity contribution in [2.24, 2.45) is 0 Å². The molecular weight excluding hydrogens is 243 g/mol. The molecule has 1 N–H and O–H groups in total. The van der Waals surface area contributed by atoms with Gasteiger partial charge in [-0.25, -0.2) is 0 Å². The molecule has 1 nitrogen and oxygen atoms in total. The van der Waals surface area contributed by atoms with E-state index in [-0.39, 0.29) is 5.75 Å². The summed E-state index contributed by atoms with van der Waals surface area (Å²) in [6.45, 7) is 1.98. The van der Waals surface area contributed by atoms with Gasteiger partial charge >= 0.3 is 0 Å². The van der Waals surface area contributed by atoms with Crippen molar-refractivity contribution in [2.45, 2.75) is 6.92 Å². The topological polar surface area (TPSA) is 20.2 Å². The van der Waals surface area contributed by atoms with Crippen molar-refractivity contribution in [3.8, 4) is 16.9 Å². The van der Waals surface area contributed by atoms with Gasteiger partial charge in [-0.3, -0.25) is 0 Å². The van der Waals surface area contributed by atoms with E-state index in [9.17, 15) is 5.11 Å². The highest BCUT2D eigenvalue weighted by Crippen LogP contribution is 2.33. The van der Waals surface area contributed by atoms with Crippen molar-refractivity contribution in [1.29, 1.82) is 0 Å². The lowest BCUT2D eigenvalue weighted by atomic mass is 10.0. The van der Waals surface area contributed by atoms with Crippen molar-refractivity contribution in [3.05, 3.63) is 52.0 Å². The molecule has 0 amide bonds. The van der Waals surface area contributed by atoms with E-state index in [0.29, 0.717) is 10.0 Å². The van der Waals surface area contributed by atoms with Crippen LogP contribution in [-0.4, -0.2) is 5.11 Å². The maximum absolute atomic E-state index is 9.53. The van der Waals surface area contributed by atoms with E-state index in [1.54, 1.807) is 12.1 Å². The lowest BCUT2D eigenvalue weighted by Gasteiger charge is -2.06. The van der Waals surface area contributed by atoms with Gasteiger partial charge in [0.2, 0.25) is 0 Å². The molecule has 0 aliphatic heterocycles. The van der Waals surface area contributed by atoms with Crippen LogP contribution in [0.1, 0.15) is 5.56 Å². The molecule has 0 saturated carbocycles. The van der Waals surface area contributed by atoms with Crippen LogP contribution >= 0.6 is 23.2 Å². The summed E-state index contributed by atoms with van der Waals surface area (Å²) in [5.41, 5.74) is 2.85. The molecule has 0 spiro atoms. The minimum atomic E-state index is 0.0656. The van der Waals surface area contributed by atoms with Gasteiger partial charge in [0.1, 0.15) is 5.75 Å². The van der Waals surface area contributed by atoms with Gasteiger partial charge in [0.25, 0.3) is 0 Å². The molecule has 3 heteroatoms. The maximum Gasteiger partial charge on any atom is 0.134 e. The van der Waals surface area contributed by atoms with Gasteiger partial charge in [-0.15, -0.1) is 0 Å². The fraction of sp³-hybridized carbons (Fsp3) is 0.0769. The van der Waals surface area contributed by atoms with E-state index in [4.69, 9.17) is 23.2 Å². The number of hydrogen-bond donors (Lipinski definition) is 1. The van der Waals surface area contributed by atoms with Crippen LogP contribution in [0.15, 0.2) is 36.4 Å². The molecule has 0 radical (unpaired) electrons. The Bertz CT molecular complexity index is 535. The first-order chi connectivity index (χ1) is 7.58. The van der Waals surface area contributed by atoms with Crippen LogP contribution in [0.25, 0.3) is 11.1 Å². The van der Waals surface area contributed by atoms with Crippen LogP contribution in [0.4, 0.5) is 0 Å². The maximum atomic E-state index is 9.53. The number of aromatic hydroxyl groups is 1. The quantitative estimate of drug-likeness (QED) is 0.782. The van der Waals surface area contributed by atoms with Crippen LogP contribution in [0.5, 0.6) is 5.75 Å². The van der Waals surface area contributed by atoms with Gasteiger partial charge in [0.15, 0.2) is 0 Å². The van der Waals surface area contributed by atoms with Gasteiger partial charge in [0.05, 0.1) is 5.02 Å². The highest BCUT2D eigenvalue weighted by atomic mass is 35.5. The first-order valence-corrected chi connectivity index (χ1v) is 5.58.